The normalized spacial score (nSPS) is 9.33. The van der Waals surface area contributed by atoms with E-state index in [-0.39, 0.29) is 0 Å². The van der Waals surface area contributed by atoms with Crippen LogP contribution in [0.4, 0.5) is 0 Å². The highest BCUT2D eigenvalue weighted by Crippen LogP contribution is 1.99. The maximum absolute atomic E-state index is 2.22. The molecule has 0 aliphatic heterocycles. The van der Waals surface area contributed by atoms with Crippen LogP contribution in [0, 0.1) is 12.3 Å². The van der Waals surface area contributed by atoms with E-state index in [9.17, 15) is 0 Å². The zero-order valence-electron chi connectivity index (χ0n) is 4.86. The van der Waals surface area contributed by atoms with Crippen molar-refractivity contribution in [2.75, 3.05) is 0 Å². The second kappa shape index (κ2) is 3.08. The molecule has 0 fully saturated rings. The van der Waals surface area contributed by atoms with Crippen LogP contribution in [-0.2, 0) is 0 Å². The van der Waals surface area contributed by atoms with Gasteiger partial charge in [-0.05, 0) is 5.92 Å². The monoisotopic (exact) mass is 85.1 g/mol. The first-order chi connectivity index (χ1) is 2.77. The molecule has 0 amide bonds. The lowest BCUT2D eigenvalue weighted by Gasteiger charge is -1.88. The molecule has 0 saturated heterocycles. The summed E-state index contributed by atoms with van der Waals surface area (Å²) in [5, 5.41) is 0. The van der Waals surface area contributed by atoms with Gasteiger partial charge in [0.1, 0.15) is 0 Å². The molecule has 0 radical (unpaired) electrons. The Hall–Kier alpha value is -0.130. The van der Waals surface area contributed by atoms with Crippen molar-refractivity contribution in [2.45, 2.75) is 27.2 Å². The lowest BCUT2D eigenvalue weighted by Crippen LogP contribution is -1.82. The molecule has 0 bridgehead atoms. The topological polar surface area (TPSA) is 0 Å². The molecule has 0 nitrogen and oxygen atoms in total. The van der Waals surface area contributed by atoms with Crippen molar-refractivity contribution in [2.24, 2.45) is 5.92 Å². The summed E-state index contributed by atoms with van der Waals surface area (Å²) in [5.74, 6) is 0.843. The maximum atomic E-state index is 2.22. The first-order valence-corrected chi connectivity index (χ1v) is 2.55. The van der Waals surface area contributed by atoms with Crippen LogP contribution in [0.25, 0.3) is 0 Å². The average Bonchev–Trinajstić information content (AvgIpc) is 1.35. The van der Waals surface area contributed by atoms with Crippen LogP contribution in [-0.4, -0.2) is 0 Å². The highest BCUT2D eigenvalue weighted by Gasteiger charge is 1.93. The van der Waals surface area contributed by atoms with Crippen molar-refractivity contribution in [1.29, 1.82) is 0 Å². The molecule has 0 aliphatic carbocycles. The van der Waals surface area contributed by atoms with Crippen LogP contribution in [0.2, 0.25) is 0 Å². The summed E-state index contributed by atoms with van der Waals surface area (Å²) in [4.78, 5) is 0. The predicted molar refractivity (Wildman–Crippen MR) is 29.4 cm³/mol. The van der Waals surface area contributed by atoms with E-state index in [1.165, 1.54) is 6.42 Å². The van der Waals surface area contributed by atoms with Gasteiger partial charge in [-0.1, -0.05) is 13.8 Å². The molecule has 0 aromatic rings. The van der Waals surface area contributed by atoms with Crippen molar-refractivity contribution in [1.82, 2.24) is 0 Å². The molecular weight excluding hydrogens is 72.1 g/mol. The molecule has 0 aromatic heterocycles. The molecular formula is C6H13+. The van der Waals surface area contributed by atoms with E-state index in [4.69, 9.17) is 0 Å². The Kier molecular flexibility index (Phi) is 3.01. The molecule has 0 aromatic carbocycles. The van der Waals surface area contributed by atoms with Crippen LogP contribution < -0.4 is 0 Å². The quantitative estimate of drug-likeness (QED) is 0.451. The Morgan fingerprint density at radius 2 is 2.00 bits per heavy atom. The van der Waals surface area contributed by atoms with Gasteiger partial charge in [0.2, 0.25) is 0 Å². The molecule has 0 N–H and O–H groups in total. The highest BCUT2D eigenvalue weighted by atomic mass is 13.9. The molecule has 0 unspecified atom stereocenters. The first kappa shape index (κ1) is 5.87. The van der Waals surface area contributed by atoms with Crippen molar-refractivity contribution >= 4 is 0 Å². The van der Waals surface area contributed by atoms with E-state index in [0.717, 1.165) is 5.92 Å². The third kappa shape index (κ3) is 3.87. The van der Waals surface area contributed by atoms with Crippen LogP contribution in [0.1, 0.15) is 27.2 Å². The van der Waals surface area contributed by atoms with Gasteiger partial charge in [-0.15, -0.1) is 0 Å². The first-order valence-electron chi connectivity index (χ1n) is 2.55. The largest absolute Gasteiger partial charge is 0.0895 e. The minimum atomic E-state index is 0.843. The van der Waals surface area contributed by atoms with Crippen LogP contribution >= 0.6 is 0 Å². The van der Waals surface area contributed by atoms with Crippen molar-refractivity contribution in [3.63, 3.8) is 0 Å². The van der Waals surface area contributed by atoms with Gasteiger partial charge >= 0.3 is 0 Å². The van der Waals surface area contributed by atoms with E-state index in [0.29, 0.717) is 0 Å². The minimum Gasteiger partial charge on any atom is -0.0587 e. The van der Waals surface area contributed by atoms with Crippen LogP contribution in [0.15, 0.2) is 0 Å². The fourth-order valence-corrected chi connectivity index (χ4v) is 0.471. The van der Waals surface area contributed by atoms with Gasteiger partial charge in [0, 0.05) is 0 Å². The van der Waals surface area contributed by atoms with Gasteiger partial charge < -0.3 is 0 Å². The van der Waals surface area contributed by atoms with Crippen molar-refractivity contribution in [3.8, 4) is 0 Å². The van der Waals surface area contributed by atoms with E-state index in [1.54, 1.807) is 0 Å². The third-order valence-electron chi connectivity index (χ3n) is 0.707. The molecule has 0 spiro atoms. The summed E-state index contributed by atoms with van der Waals surface area (Å²) in [6.07, 6.45) is 3.45. The fourth-order valence-electron chi connectivity index (χ4n) is 0.471. The number of rotatable bonds is 2. The van der Waals surface area contributed by atoms with Gasteiger partial charge in [0.15, 0.2) is 0 Å². The van der Waals surface area contributed by atoms with Gasteiger partial charge in [0.25, 0.3) is 0 Å². The molecule has 0 heteroatoms. The summed E-state index contributed by atoms with van der Waals surface area (Å²) in [7, 11) is 0. The summed E-state index contributed by atoms with van der Waals surface area (Å²) in [5.41, 5.74) is 0. The predicted octanol–water partition coefficient (Wildman–Crippen LogP) is 2.26. The highest BCUT2D eigenvalue weighted by molar-refractivity contribution is 4.57. The Morgan fingerprint density at radius 1 is 1.50 bits per heavy atom. The summed E-state index contributed by atoms with van der Waals surface area (Å²) in [6, 6.07) is 0. The van der Waals surface area contributed by atoms with Gasteiger partial charge in [-0.3, -0.25) is 0 Å². The summed E-state index contributed by atoms with van der Waals surface area (Å²) >= 11 is 0. The van der Waals surface area contributed by atoms with Crippen molar-refractivity contribution < 1.29 is 0 Å². The zero-order valence-corrected chi connectivity index (χ0v) is 4.86. The lowest BCUT2D eigenvalue weighted by atomic mass is 10.1. The number of hydrogen-bond donors (Lipinski definition) is 0. The summed E-state index contributed by atoms with van der Waals surface area (Å²) < 4.78 is 0. The second-order valence-corrected chi connectivity index (χ2v) is 2.04. The standard InChI is InChI=1S/C6H13/c1-4-5-6(2)3/h4,6H,5H2,1-3H3/q+1. The zero-order chi connectivity index (χ0) is 4.99. The van der Waals surface area contributed by atoms with Crippen LogP contribution in [0.3, 0.4) is 0 Å². The Labute approximate surface area is 40.6 Å². The van der Waals surface area contributed by atoms with E-state index < -0.39 is 0 Å². The van der Waals surface area contributed by atoms with Crippen LogP contribution in [0.5, 0.6) is 0 Å². The smallest absolute Gasteiger partial charge is 0.0587 e. The molecule has 6 heavy (non-hydrogen) atoms. The van der Waals surface area contributed by atoms with E-state index in [1.807, 2.05) is 0 Å². The molecule has 0 saturated carbocycles. The molecule has 0 heterocycles. The fraction of sp³-hybridized carbons (Fsp3) is 0.833. The van der Waals surface area contributed by atoms with E-state index in [2.05, 4.69) is 27.2 Å². The summed E-state index contributed by atoms with van der Waals surface area (Å²) in [6.45, 7) is 6.54. The molecule has 0 aliphatic rings. The SMILES string of the molecule is C[CH+]CC(C)C. The third-order valence-corrected chi connectivity index (χ3v) is 0.707. The van der Waals surface area contributed by atoms with Gasteiger partial charge in [0.05, 0.1) is 19.8 Å². The Bertz CT molecular complexity index is 21.2. The molecule has 0 rings (SSSR count). The molecule has 36 valence electrons. The lowest BCUT2D eigenvalue weighted by molar-refractivity contribution is 0.639. The van der Waals surface area contributed by atoms with E-state index >= 15 is 0 Å². The van der Waals surface area contributed by atoms with Crippen molar-refractivity contribution in [3.05, 3.63) is 6.42 Å². The number of hydrogen-bond acceptors (Lipinski definition) is 0. The Morgan fingerprint density at radius 3 is 2.00 bits per heavy atom. The Balaban J connectivity index is 2.63. The van der Waals surface area contributed by atoms with Gasteiger partial charge in [-0.25, -0.2) is 0 Å². The maximum Gasteiger partial charge on any atom is 0.0895 e. The van der Waals surface area contributed by atoms with Gasteiger partial charge in [-0.2, -0.15) is 0 Å². The second-order valence-electron chi connectivity index (χ2n) is 2.04. The average molecular weight is 85.2 g/mol. The molecule has 0 atom stereocenters. The minimum absolute atomic E-state index is 0.843.